The minimum absolute atomic E-state index is 0.0681. The predicted molar refractivity (Wildman–Crippen MR) is 97.9 cm³/mol. The Kier molecular flexibility index (Phi) is 5.28. The summed E-state index contributed by atoms with van der Waals surface area (Å²) in [7, 11) is 0. The fourth-order valence-corrected chi connectivity index (χ4v) is 3.00. The van der Waals surface area contributed by atoms with Crippen LogP contribution in [0.15, 0.2) is 54.7 Å². The number of hydrogen-bond donors (Lipinski definition) is 1. The van der Waals surface area contributed by atoms with Gasteiger partial charge >= 0.3 is 0 Å². The summed E-state index contributed by atoms with van der Waals surface area (Å²) in [4.78, 5) is 18.6. The van der Waals surface area contributed by atoms with Gasteiger partial charge in [-0.2, -0.15) is 0 Å². The van der Waals surface area contributed by atoms with Crippen LogP contribution in [0.25, 0.3) is 5.57 Å². The molecule has 2 aromatic rings. The third-order valence-electron chi connectivity index (χ3n) is 4.33. The van der Waals surface area contributed by atoms with Gasteiger partial charge in [0.25, 0.3) is 0 Å². The van der Waals surface area contributed by atoms with E-state index in [0.717, 1.165) is 19.5 Å². The van der Waals surface area contributed by atoms with Crippen molar-refractivity contribution < 1.29 is 4.79 Å². The van der Waals surface area contributed by atoms with Crippen LogP contribution < -0.4 is 5.32 Å². The number of rotatable bonds is 4. The number of anilines is 1. The van der Waals surface area contributed by atoms with E-state index >= 15 is 0 Å². The van der Waals surface area contributed by atoms with Gasteiger partial charge in [-0.05, 0) is 36.6 Å². The van der Waals surface area contributed by atoms with Crippen LogP contribution >= 0.6 is 11.6 Å². The molecule has 1 amide bonds. The molecule has 1 aromatic carbocycles. The molecular formula is C19H20ClN3O. The Balaban J connectivity index is 1.62. The first-order chi connectivity index (χ1) is 11.6. The molecule has 5 heteroatoms. The van der Waals surface area contributed by atoms with E-state index in [-0.39, 0.29) is 11.9 Å². The number of hydrogen-bond acceptors (Lipinski definition) is 3. The summed E-state index contributed by atoms with van der Waals surface area (Å²) in [5, 5.41) is 3.16. The number of halogens is 1. The third-order valence-corrected chi connectivity index (χ3v) is 4.63. The first-order valence-electron chi connectivity index (χ1n) is 8.05. The number of carbonyl (C=O) groups is 1. The van der Waals surface area contributed by atoms with Gasteiger partial charge in [-0.3, -0.25) is 9.69 Å². The predicted octanol–water partition coefficient (Wildman–Crippen LogP) is 3.85. The highest BCUT2D eigenvalue weighted by Crippen LogP contribution is 2.24. The van der Waals surface area contributed by atoms with Crippen LogP contribution in [0.4, 0.5) is 5.69 Å². The minimum Gasteiger partial charge on any atom is -0.322 e. The zero-order chi connectivity index (χ0) is 16.9. The smallest absolute Gasteiger partial charge is 0.241 e. The van der Waals surface area contributed by atoms with E-state index in [2.05, 4.69) is 45.5 Å². The zero-order valence-electron chi connectivity index (χ0n) is 13.6. The molecule has 4 nitrogen and oxygen atoms in total. The molecule has 1 atom stereocenters. The average molecular weight is 342 g/mol. The maximum absolute atomic E-state index is 12.5. The van der Waals surface area contributed by atoms with Crippen molar-refractivity contribution in [1.29, 1.82) is 0 Å². The summed E-state index contributed by atoms with van der Waals surface area (Å²) in [6.07, 6.45) is 4.75. The molecule has 1 aliphatic rings. The quantitative estimate of drug-likeness (QED) is 0.859. The lowest BCUT2D eigenvalue weighted by Gasteiger charge is -2.31. The van der Waals surface area contributed by atoms with Crippen LogP contribution in [0.2, 0.25) is 5.15 Å². The highest BCUT2D eigenvalue weighted by Gasteiger charge is 2.24. The first-order valence-corrected chi connectivity index (χ1v) is 8.43. The van der Waals surface area contributed by atoms with Crippen molar-refractivity contribution in [2.45, 2.75) is 19.4 Å². The van der Waals surface area contributed by atoms with Crippen LogP contribution in [0.5, 0.6) is 0 Å². The van der Waals surface area contributed by atoms with E-state index in [1.807, 2.05) is 13.0 Å². The van der Waals surface area contributed by atoms with Crippen molar-refractivity contribution >= 4 is 28.8 Å². The summed E-state index contributed by atoms with van der Waals surface area (Å²) < 4.78 is 0. The normalized spacial score (nSPS) is 16.3. The molecule has 124 valence electrons. The Morgan fingerprint density at radius 2 is 2.04 bits per heavy atom. The molecule has 0 aliphatic carbocycles. The Hall–Kier alpha value is -2.17. The molecule has 1 aromatic heterocycles. The number of amides is 1. The molecule has 0 bridgehead atoms. The third kappa shape index (κ3) is 3.83. The summed E-state index contributed by atoms with van der Waals surface area (Å²) in [6, 6.07) is 13.7. The number of carbonyl (C=O) groups excluding carboxylic acids is 1. The Bertz CT molecular complexity index is 745. The zero-order valence-corrected chi connectivity index (χ0v) is 14.3. The first kappa shape index (κ1) is 16.7. The molecular weight excluding hydrogens is 322 g/mol. The van der Waals surface area contributed by atoms with E-state index in [1.54, 1.807) is 18.3 Å². The molecule has 0 radical (unpaired) electrons. The second-order valence-corrected chi connectivity index (χ2v) is 6.21. The van der Waals surface area contributed by atoms with Gasteiger partial charge < -0.3 is 5.32 Å². The second-order valence-electron chi connectivity index (χ2n) is 5.85. The molecule has 1 aliphatic heterocycles. The molecule has 2 heterocycles. The maximum atomic E-state index is 12.5. The van der Waals surface area contributed by atoms with Gasteiger partial charge in [0.2, 0.25) is 5.91 Å². The minimum atomic E-state index is -0.227. The number of pyridine rings is 1. The molecule has 3 rings (SSSR count). The van der Waals surface area contributed by atoms with Gasteiger partial charge in [-0.1, -0.05) is 48.0 Å². The summed E-state index contributed by atoms with van der Waals surface area (Å²) in [6.45, 7) is 3.54. The van der Waals surface area contributed by atoms with Gasteiger partial charge in [-0.25, -0.2) is 4.98 Å². The highest BCUT2D eigenvalue weighted by molar-refractivity contribution is 6.32. The van der Waals surface area contributed by atoms with Crippen LogP contribution in [0, 0.1) is 0 Å². The van der Waals surface area contributed by atoms with Crippen molar-refractivity contribution in [3.63, 3.8) is 0 Å². The van der Waals surface area contributed by atoms with Crippen LogP contribution in [-0.2, 0) is 4.79 Å². The molecule has 0 saturated heterocycles. The number of nitrogens with zero attached hydrogens (tertiary/aromatic N) is 2. The van der Waals surface area contributed by atoms with Crippen molar-refractivity contribution in [2.75, 3.05) is 18.4 Å². The van der Waals surface area contributed by atoms with E-state index in [4.69, 9.17) is 11.6 Å². The lowest BCUT2D eigenvalue weighted by atomic mass is 9.99. The number of benzene rings is 1. The summed E-state index contributed by atoms with van der Waals surface area (Å²) >= 11 is 6.00. The van der Waals surface area contributed by atoms with E-state index in [0.29, 0.717) is 10.8 Å². The van der Waals surface area contributed by atoms with Crippen LogP contribution in [0.1, 0.15) is 18.9 Å². The van der Waals surface area contributed by atoms with Crippen molar-refractivity contribution in [3.8, 4) is 0 Å². The Morgan fingerprint density at radius 3 is 2.71 bits per heavy atom. The lowest BCUT2D eigenvalue weighted by molar-refractivity contribution is -0.120. The van der Waals surface area contributed by atoms with Gasteiger partial charge in [0.05, 0.1) is 11.7 Å². The van der Waals surface area contributed by atoms with Crippen LogP contribution in [-0.4, -0.2) is 34.9 Å². The lowest BCUT2D eigenvalue weighted by Crippen LogP contribution is -2.44. The SMILES string of the molecule is C[C@H](C(=O)Nc1cccnc1Cl)N1CC=C(c2ccccc2)CC1. The molecule has 1 N–H and O–H groups in total. The Labute approximate surface area is 147 Å². The molecule has 0 saturated carbocycles. The maximum Gasteiger partial charge on any atom is 0.241 e. The van der Waals surface area contributed by atoms with Gasteiger partial charge in [-0.15, -0.1) is 0 Å². The number of nitrogens with one attached hydrogen (secondary N) is 1. The van der Waals surface area contributed by atoms with E-state index < -0.39 is 0 Å². The van der Waals surface area contributed by atoms with Gasteiger partial charge in [0.1, 0.15) is 0 Å². The van der Waals surface area contributed by atoms with Crippen molar-refractivity contribution in [3.05, 3.63) is 65.5 Å². The Morgan fingerprint density at radius 1 is 1.25 bits per heavy atom. The molecule has 24 heavy (non-hydrogen) atoms. The van der Waals surface area contributed by atoms with Crippen LogP contribution in [0.3, 0.4) is 0 Å². The second kappa shape index (κ2) is 7.60. The van der Waals surface area contributed by atoms with Crippen molar-refractivity contribution in [1.82, 2.24) is 9.88 Å². The van der Waals surface area contributed by atoms with E-state index in [1.165, 1.54) is 11.1 Å². The standard InChI is InChI=1S/C19H20ClN3O/c1-14(19(24)22-17-8-5-11-21-18(17)20)23-12-9-16(10-13-23)15-6-3-2-4-7-15/h2-9,11,14H,10,12-13H2,1H3,(H,22,24)/t14-/m1/s1. The summed E-state index contributed by atoms with van der Waals surface area (Å²) in [5.41, 5.74) is 3.15. The average Bonchev–Trinajstić information content (AvgIpc) is 2.64. The largest absolute Gasteiger partial charge is 0.322 e. The fraction of sp³-hybridized carbons (Fsp3) is 0.263. The molecule has 0 spiro atoms. The molecule has 0 fully saturated rings. The monoisotopic (exact) mass is 341 g/mol. The van der Waals surface area contributed by atoms with Gasteiger partial charge in [0, 0.05) is 19.3 Å². The van der Waals surface area contributed by atoms with Gasteiger partial charge in [0.15, 0.2) is 5.15 Å². The number of aromatic nitrogens is 1. The fourth-order valence-electron chi connectivity index (χ4n) is 2.83. The molecule has 0 unspecified atom stereocenters. The topological polar surface area (TPSA) is 45.2 Å². The summed E-state index contributed by atoms with van der Waals surface area (Å²) in [5.74, 6) is -0.0681. The van der Waals surface area contributed by atoms with Crippen molar-refractivity contribution in [2.24, 2.45) is 0 Å². The highest BCUT2D eigenvalue weighted by atomic mass is 35.5. The van der Waals surface area contributed by atoms with E-state index in [9.17, 15) is 4.79 Å².